The summed E-state index contributed by atoms with van der Waals surface area (Å²) in [4.78, 5) is 4.13. The van der Waals surface area contributed by atoms with Crippen LogP contribution in [0, 0.1) is 5.82 Å². The normalized spacial score (nSPS) is 17.9. The van der Waals surface area contributed by atoms with Gasteiger partial charge in [0.15, 0.2) is 0 Å². The summed E-state index contributed by atoms with van der Waals surface area (Å²) in [5, 5.41) is 3.55. The summed E-state index contributed by atoms with van der Waals surface area (Å²) in [7, 11) is 0. The summed E-state index contributed by atoms with van der Waals surface area (Å²) in [6.07, 6.45) is 8.81. The van der Waals surface area contributed by atoms with E-state index in [4.69, 9.17) is 0 Å². The number of nitrogens with zero attached hydrogens (tertiary/aromatic N) is 1. The summed E-state index contributed by atoms with van der Waals surface area (Å²) in [6.45, 7) is 2.12. The Morgan fingerprint density at radius 1 is 1.44 bits per heavy atom. The Hall–Kier alpha value is -1.22. The van der Waals surface area contributed by atoms with E-state index in [2.05, 4.69) is 29.4 Å². The van der Waals surface area contributed by atoms with Gasteiger partial charge >= 0.3 is 0 Å². The second-order valence-electron chi connectivity index (χ2n) is 4.17. The average molecular weight is 220 g/mol. The van der Waals surface area contributed by atoms with Gasteiger partial charge in [0.1, 0.15) is 5.82 Å². The quantitative estimate of drug-likeness (QED) is 0.789. The van der Waals surface area contributed by atoms with Gasteiger partial charge in [-0.1, -0.05) is 19.1 Å². The van der Waals surface area contributed by atoms with Crippen molar-refractivity contribution in [1.82, 2.24) is 10.3 Å². The van der Waals surface area contributed by atoms with Crippen molar-refractivity contribution in [2.75, 3.05) is 0 Å². The minimum absolute atomic E-state index is 0.227. The van der Waals surface area contributed by atoms with Crippen LogP contribution in [0.5, 0.6) is 0 Å². The van der Waals surface area contributed by atoms with E-state index >= 15 is 0 Å². The highest BCUT2D eigenvalue weighted by Crippen LogP contribution is 2.19. The molecule has 1 aromatic rings. The number of rotatable bonds is 4. The van der Waals surface area contributed by atoms with Crippen LogP contribution in [0.15, 0.2) is 30.5 Å². The molecule has 86 valence electrons. The Morgan fingerprint density at radius 2 is 2.19 bits per heavy atom. The van der Waals surface area contributed by atoms with Crippen molar-refractivity contribution in [1.29, 1.82) is 0 Å². The molecule has 0 saturated carbocycles. The Morgan fingerprint density at radius 3 is 2.75 bits per heavy atom. The molecule has 1 unspecified atom stereocenters. The number of halogens is 1. The van der Waals surface area contributed by atoms with Crippen molar-refractivity contribution in [3.05, 3.63) is 42.0 Å². The maximum atomic E-state index is 12.8. The molecule has 1 aliphatic rings. The van der Waals surface area contributed by atoms with Crippen LogP contribution >= 0.6 is 0 Å². The molecule has 1 atom stereocenters. The Bertz CT molecular complexity index is 351. The average Bonchev–Trinajstić information content (AvgIpc) is 2.80. The van der Waals surface area contributed by atoms with Crippen LogP contribution in [0.1, 0.15) is 37.9 Å². The number of pyridine rings is 1. The minimum atomic E-state index is -0.277. The van der Waals surface area contributed by atoms with Crippen LogP contribution in [0.4, 0.5) is 4.39 Å². The molecule has 1 aromatic heterocycles. The highest BCUT2D eigenvalue weighted by atomic mass is 19.1. The molecule has 0 spiro atoms. The number of hydrogen-bond acceptors (Lipinski definition) is 2. The molecule has 0 aromatic carbocycles. The van der Waals surface area contributed by atoms with Gasteiger partial charge in [-0.2, -0.15) is 0 Å². The summed E-state index contributed by atoms with van der Waals surface area (Å²) in [6, 6.07) is 3.97. The van der Waals surface area contributed by atoms with Crippen LogP contribution < -0.4 is 5.32 Å². The monoisotopic (exact) mass is 220 g/mol. The molecule has 1 N–H and O–H groups in total. The predicted molar refractivity (Wildman–Crippen MR) is 62.5 cm³/mol. The third-order valence-electron chi connectivity index (χ3n) is 2.96. The molecule has 2 rings (SSSR count). The van der Waals surface area contributed by atoms with E-state index in [1.54, 1.807) is 6.07 Å². The Kier molecular flexibility index (Phi) is 3.67. The first-order valence-electron chi connectivity index (χ1n) is 5.82. The maximum absolute atomic E-state index is 12.8. The summed E-state index contributed by atoms with van der Waals surface area (Å²) in [5.41, 5.74) is 0.927. The second kappa shape index (κ2) is 5.21. The summed E-state index contributed by atoms with van der Waals surface area (Å²) in [5.74, 6) is -0.277. The molecule has 3 heteroatoms. The summed E-state index contributed by atoms with van der Waals surface area (Å²) >= 11 is 0. The van der Waals surface area contributed by atoms with E-state index in [0.29, 0.717) is 6.04 Å². The smallest absolute Gasteiger partial charge is 0.141 e. The number of aromatic nitrogens is 1. The zero-order valence-electron chi connectivity index (χ0n) is 9.49. The van der Waals surface area contributed by atoms with Crippen molar-refractivity contribution in [2.45, 2.75) is 38.3 Å². The first kappa shape index (κ1) is 11.3. The van der Waals surface area contributed by atoms with E-state index in [1.807, 2.05) is 0 Å². The molecule has 0 aliphatic heterocycles. The van der Waals surface area contributed by atoms with E-state index < -0.39 is 0 Å². The number of nitrogens with one attached hydrogen (secondary N) is 1. The van der Waals surface area contributed by atoms with Crippen molar-refractivity contribution >= 4 is 0 Å². The molecule has 2 nitrogen and oxygen atoms in total. The largest absolute Gasteiger partial charge is 0.305 e. The van der Waals surface area contributed by atoms with Gasteiger partial charge in [0.25, 0.3) is 0 Å². The Labute approximate surface area is 95.6 Å². The third kappa shape index (κ3) is 2.67. The molecule has 0 amide bonds. The van der Waals surface area contributed by atoms with Gasteiger partial charge in [0, 0.05) is 12.1 Å². The molecule has 0 fully saturated rings. The van der Waals surface area contributed by atoms with Crippen LogP contribution in [-0.2, 0) is 0 Å². The van der Waals surface area contributed by atoms with E-state index in [9.17, 15) is 4.39 Å². The SMILES string of the molecule is CCC(NC1CC=CC1)c1ccc(F)cn1. The predicted octanol–water partition coefficient (Wildman–Crippen LogP) is 2.98. The molecule has 1 heterocycles. The van der Waals surface area contributed by atoms with Crippen molar-refractivity contribution < 1.29 is 4.39 Å². The molecule has 0 radical (unpaired) electrons. The van der Waals surface area contributed by atoms with Gasteiger partial charge in [0.2, 0.25) is 0 Å². The van der Waals surface area contributed by atoms with E-state index in [1.165, 1.54) is 12.3 Å². The molecular weight excluding hydrogens is 203 g/mol. The van der Waals surface area contributed by atoms with Crippen LogP contribution in [0.25, 0.3) is 0 Å². The third-order valence-corrected chi connectivity index (χ3v) is 2.96. The van der Waals surface area contributed by atoms with Gasteiger partial charge < -0.3 is 5.32 Å². The maximum Gasteiger partial charge on any atom is 0.141 e. The van der Waals surface area contributed by atoms with Gasteiger partial charge in [-0.3, -0.25) is 4.98 Å². The lowest BCUT2D eigenvalue weighted by atomic mass is 10.1. The van der Waals surface area contributed by atoms with E-state index in [-0.39, 0.29) is 11.9 Å². The zero-order chi connectivity index (χ0) is 11.4. The fourth-order valence-electron chi connectivity index (χ4n) is 2.04. The van der Waals surface area contributed by atoms with E-state index in [0.717, 1.165) is 25.0 Å². The van der Waals surface area contributed by atoms with Crippen LogP contribution in [0.2, 0.25) is 0 Å². The molecule has 0 saturated heterocycles. The molecule has 1 aliphatic carbocycles. The second-order valence-corrected chi connectivity index (χ2v) is 4.17. The minimum Gasteiger partial charge on any atom is -0.305 e. The lowest BCUT2D eigenvalue weighted by Crippen LogP contribution is -2.31. The first-order valence-corrected chi connectivity index (χ1v) is 5.82. The summed E-state index contributed by atoms with van der Waals surface area (Å²) < 4.78 is 12.8. The standard InChI is InChI=1S/C13H17FN2/c1-2-12(16-11-5-3-4-6-11)13-8-7-10(14)9-15-13/h3-4,7-9,11-12,16H,2,5-6H2,1H3. The lowest BCUT2D eigenvalue weighted by molar-refractivity contribution is 0.430. The molecule has 0 bridgehead atoms. The lowest BCUT2D eigenvalue weighted by Gasteiger charge is -2.21. The van der Waals surface area contributed by atoms with Crippen molar-refractivity contribution in [2.24, 2.45) is 0 Å². The van der Waals surface area contributed by atoms with Gasteiger partial charge in [-0.25, -0.2) is 4.39 Å². The fraction of sp³-hybridized carbons (Fsp3) is 0.462. The van der Waals surface area contributed by atoms with Crippen molar-refractivity contribution in [3.8, 4) is 0 Å². The van der Waals surface area contributed by atoms with Gasteiger partial charge in [-0.15, -0.1) is 0 Å². The van der Waals surface area contributed by atoms with Gasteiger partial charge in [0.05, 0.1) is 11.9 Å². The topological polar surface area (TPSA) is 24.9 Å². The zero-order valence-corrected chi connectivity index (χ0v) is 9.49. The van der Waals surface area contributed by atoms with Crippen LogP contribution in [0.3, 0.4) is 0 Å². The molecular formula is C13H17FN2. The van der Waals surface area contributed by atoms with Crippen LogP contribution in [-0.4, -0.2) is 11.0 Å². The molecule has 16 heavy (non-hydrogen) atoms. The Balaban J connectivity index is 2.01. The fourth-order valence-corrected chi connectivity index (χ4v) is 2.04. The van der Waals surface area contributed by atoms with Gasteiger partial charge in [-0.05, 0) is 31.4 Å². The highest BCUT2D eigenvalue weighted by molar-refractivity contribution is 5.11. The first-order chi connectivity index (χ1) is 7.79. The number of hydrogen-bond donors (Lipinski definition) is 1. The van der Waals surface area contributed by atoms with Crippen molar-refractivity contribution in [3.63, 3.8) is 0 Å². The highest BCUT2D eigenvalue weighted by Gasteiger charge is 2.17.